The van der Waals surface area contributed by atoms with E-state index in [2.05, 4.69) is 35.9 Å². The first-order valence-corrected chi connectivity index (χ1v) is 8.66. The van der Waals surface area contributed by atoms with Gasteiger partial charge in [-0.1, -0.05) is 49.2 Å². The van der Waals surface area contributed by atoms with Crippen molar-refractivity contribution in [1.29, 1.82) is 0 Å². The third-order valence-electron chi connectivity index (χ3n) is 3.46. The Morgan fingerprint density at radius 1 is 1.14 bits per heavy atom. The van der Waals surface area contributed by atoms with Crippen LogP contribution in [0.25, 0.3) is 11.1 Å². The molecule has 22 heavy (non-hydrogen) atoms. The summed E-state index contributed by atoms with van der Waals surface area (Å²) < 4.78 is 3.30. The van der Waals surface area contributed by atoms with Crippen molar-refractivity contribution in [2.24, 2.45) is 0 Å². The Kier molecular flexibility index (Phi) is 5.90. The van der Waals surface area contributed by atoms with Gasteiger partial charge in [0.1, 0.15) is 0 Å². The van der Waals surface area contributed by atoms with E-state index in [-0.39, 0.29) is 5.91 Å². The molecule has 2 rings (SSSR count). The fourth-order valence-corrected chi connectivity index (χ4v) is 2.84. The molecule has 116 valence electrons. The Labute approximate surface area is 136 Å². The van der Waals surface area contributed by atoms with Gasteiger partial charge in [-0.2, -0.15) is 0 Å². The lowest BCUT2D eigenvalue weighted by Gasteiger charge is -2.21. The molecule has 0 saturated heterocycles. The molecule has 0 aliphatic rings. The fourth-order valence-electron chi connectivity index (χ4n) is 2.45. The zero-order valence-electron chi connectivity index (χ0n) is 13.3. The minimum Gasteiger partial charge on any atom is -0.329 e. The van der Waals surface area contributed by atoms with Crippen LogP contribution < -0.4 is 9.62 Å². The average Bonchev–Trinajstić information content (AvgIpc) is 2.53. The average molecular weight is 314 g/mol. The van der Waals surface area contributed by atoms with Crippen molar-refractivity contribution in [2.45, 2.75) is 20.3 Å². The van der Waals surface area contributed by atoms with Crippen molar-refractivity contribution in [2.75, 3.05) is 22.4 Å². The number of hydrogen-bond donors (Lipinski definition) is 1. The minimum absolute atomic E-state index is 0.0825. The number of para-hydroxylation sites is 1. The van der Waals surface area contributed by atoms with Gasteiger partial charge in [0.15, 0.2) is 0 Å². The molecule has 0 aliphatic heterocycles. The normalized spacial score (nSPS) is 10.3. The van der Waals surface area contributed by atoms with Gasteiger partial charge in [-0.15, -0.1) is 0 Å². The number of hydrogen-bond acceptors (Lipinski definition) is 3. The Bertz CT molecular complexity index is 625. The number of amides is 1. The van der Waals surface area contributed by atoms with E-state index in [4.69, 9.17) is 0 Å². The van der Waals surface area contributed by atoms with E-state index in [9.17, 15) is 4.79 Å². The van der Waals surface area contributed by atoms with Crippen molar-refractivity contribution < 1.29 is 4.79 Å². The predicted octanol–water partition coefficient (Wildman–Crippen LogP) is 4.81. The molecule has 0 spiro atoms. The van der Waals surface area contributed by atoms with Crippen LogP contribution in [0, 0.1) is 0 Å². The van der Waals surface area contributed by atoms with E-state index >= 15 is 0 Å². The molecule has 0 saturated carbocycles. The molecule has 0 heterocycles. The van der Waals surface area contributed by atoms with Gasteiger partial charge < -0.3 is 9.62 Å². The molecule has 0 bridgehead atoms. The highest BCUT2D eigenvalue weighted by Gasteiger charge is 2.11. The van der Waals surface area contributed by atoms with Crippen molar-refractivity contribution >= 4 is 29.2 Å². The molecule has 0 unspecified atom stereocenters. The molecular weight excluding hydrogens is 292 g/mol. The molecule has 2 aromatic rings. The third kappa shape index (κ3) is 3.83. The van der Waals surface area contributed by atoms with Gasteiger partial charge in [0, 0.05) is 31.0 Å². The van der Waals surface area contributed by atoms with E-state index in [0.29, 0.717) is 0 Å². The molecule has 3 nitrogen and oxygen atoms in total. The Morgan fingerprint density at radius 2 is 1.82 bits per heavy atom. The number of rotatable bonds is 6. The molecule has 0 radical (unpaired) electrons. The maximum Gasteiger partial charge on any atom is 0.223 e. The van der Waals surface area contributed by atoms with Gasteiger partial charge in [-0.3, -0.25) is 4.79 Å². The van der Waals surface area contributed by atoms with Gasteiger partial charge in [0.05, 0.1) is 5.69 Å². The van der Waals surface area contributed by atoms with Crippen LogP contribution in [0.1, 0.15) is 20.3 Å². The first-order chi connectivity index (χ1) is 10.7. The van der Waals surface area contributed by atoms with Crippen LogP contribution in [0.2, 0.25) is 0 Å². The van der Waals surface area contributed by atoms with Crippen LogP contribution >= 0.6 is 11.9 Å². The topological polar surface area (TPSA) is 32.3 Å². The van der Waals surface area contributed by atoms with E-state index in [1.807, 2.05) is 35.4 Å². The molecule has 0 atom stereocenters. The van der Waals surface area contributed by atoms with Crippen molar-refractivity contribution in [3.8, 4) is 11.1 Å². The number of carbonyl (C=O) groups is 1. The third-order valence-corrected chi connectivity index (χ3v) is 3.88. The van der Waals surface area contributed by atoms with Gasteiger partial charge >= 0.3 is 0 Å². The highest BCUT2D eigenvalue weighted by molar-refractivity contribution is 7.99. The molecule has 1 N–H and O–H groups in total. The van der Waals surface area contributed by atoms with Crippen LogP contribution in [0.15, 0.2) is 48.5 Å². The highest BCUT2D eigenvalue weighted by atomic mass is 32.2. The summed E-state index contributed by atoms with van der Waals surface area (Å²) in [5, 5.41) is 0. The fraction of sp³-hybridized carbons (Fsp3) is 0.278. The first kappa shape index (κ1) is 16.4. The van der Waals surface area contributed by atoms with E-state index in [0.717, 1.165) is 35.5 Å². The number of anilines is 2. The number of nitrogens with zero attached hydrogens (tertiary/aromatic N) is 1. The molecule has 0 aromatic heterocycles. The summed E-state index contributed by atoms with van der Waals surface area (Å²) in [6.07, 6.45) is 2.96. The Morgan fingerprint density at radius 3 is 2.41 bits per heavy atom. The van der Waals surface area contributed by atoms with Crippen LogP contribution in [0.5, 0.6) is 0 Å². The largest absolute Gasteiger partial charge is 0.329 e. The van der Waals surface area contributed by atoms with Crippen molar-refractivity contribution in [3.05, 3.63) is 48.5 Å². The van der Waals surface area contributed by atoms with Gasteiger partial charge in [0.25, 0.3) is 0 Å². The first-order valence-electron chi connectivity index (χ1n) is 7.44. The second kappa shape index (κ2) is 7.90. The quantitative estimate of drug-likeness (QED) is 0.777. The monoisotopic (exact) mass is 314 g/mol. The Balaban J connectivity index is 2.31. The minimum atomic E-state index is 0.0825. The maximum atomic E-state index is 11.7. The SMILES string of the molecule is CCCN(C(C)=O)c1ccc(-c2ccccc2NSC)cc1. The van der Waals surface area contributed by atoms with Crippen molar-refractivity contribution in [3.63, 3.8) is 0 Å². The summed E-state index contributed by atoms with van der Waals surface area (Å²) >= 11 is 1.58. The summed E-state index contributed by atoms with van der Waals surface area (Å²) in [7, 11) is 0. The Hall–Kier alpha value is -1.94. The lowest BCUT2D eigenvalue weighted by Crippen LogP contribution is -2.28. The van der Waals surface area contributed by atoms with E-state index < -0.39 is 0 Å². The summed E-state index contributed by atoms with van der Waals surface area (Å²) in [6.45, 7) is 4.44. The molecular formula is C18H22N2OS. The standard InChI is InChI=1S/C18H22N2OS/c1-4-13-20(14(2)21)16-11-9-15(10-12-16)17-7-5-6-8-18(17)19-22-3/h5-12,19H,4,13H2,1-3H3. The summed E-state index contributed by atoms with van der Waals surface area (Å²) in [5.74, 6) is 0.0825. The molecule has 0 aliphatic carbocycles. The maximum absolute atomic E-state index is 11.7. The molecule has 1 amide bonds. The van der Waals surface area contributed by atoms with Gasteiger partial charge in [-0.25, -0.2) is 0 Å². The zero-order valence-corrected chi connectivity index (χ0v) is 14.1. The second-order valence-electron chi connectivity index (χ2n) is 5.07. The number of carbonyl (C=O) groups excluding carboxylic acids is 1. The summed E-state index contributed by atoms with van der Waals surface area (Å²) in [6, 6.07) is 16.4. The number of nitrogens with one attached hydrogen (secondary N) is 1. The lowest BCUT2D eigenvalue weighted by atomic mass is 10.0. The predicted molar refractivity (Wildman–Crippen MR) is 97.3 cm³/mol. The lowest BCUT2D eigenvalue weighted by molar-refractivity contribution is -0.116. The van der Waals surface area contributed by atoms with Crippen LogP contribution in [0.3, 0.4) is 0 Å². The highest BCUT2D eigenvalue weighted by Crippen LogP contribution is 2.30. The smallest absolute Gasteiger partial charge is 0.223 e. The van der Waals surface area contributed by atoms with Crippen LogP contribution in [0.4, 0.5) is 11.4 Å². The molecule has 0 fully saturated rings. The van der Waals surface area contributed by atoms with E-state index in [1.54, 1.807) is 18.9 Å². The van der Waals surface area contributed by atoms with Crippen LogP contribution in [-0.4, -0.2) is 18.7 Å². The van der Waals surface area contributed by atoms with Crippen molar-refractivity contribution in [1.82, 2.24) is 0 Å². The van der Waals surface area contributed by atoms with E-state index in [1.165, 1.54) is 0 Å². The summed E-state index contributed by atoms with van der Waals surface area (Å²) in [5.41, 5.74) is 4.35. The van der Waals surface area contributed by atoms with Crippen LogP contribution in [-0.2, 0) is 4.79 Å². The molecule has 2 aromatic carbocycles. The summed E-state index contributed by atoms with van der Waals surface area (Å²) in [4.78, 5) is 13.6. The number of benzene rings is 2. The zero-order chi connectivity index (χ0) is 15.9. The molecule has 4 heteroatoms. The van der Waals surface area contributed by atoms with Gasteiger partial charge in [0.2, 0.25) is 5.91 Å². The van der Waals surface area contributed by atoms with Gasteiger partial charge in [-0.05, 0) is 30.2 Å². The second-order valence-corrected chi connectivity index (χ2v) is 5.68.